The van der Waals surface area contributed by atoms with E-state index in [2.05, 4.69) is 0 Å². The third-order valence-corrected chi connectivity index (χ3v) is 5.08. The van der Waals surface area contributed by atoms with Gasteiger partial charge in [0.15, 0.2) is 0 Å². The van der Waals surface area contributed by atoms with Gasteiger partial charge in [-0.25, -0.2) is 0 Å². The first-order chi connectivity index (χ1) is 13.4. The van der Waals surface area contributed by atoms with Gasteiger partial charge in [-0.05, 0) is 25.0 Å². The topological polar surface area (TPSA) is 89.8 Å². The Morgan fingerprint density at radius 3 is 2.50 bits per heavy atom. The number of hydrogen-bond donors (Lipinski definition) is 0. The number of rotatable bonds is 6. The van der Waals surface area contributed by atoms with Gasteiger partial charge in [0.25, 0.3) is 5.69 Å². The number of ether oxygens (including phenoxy) is 1. The van der Waals surface area contributed by atoms with Gasteiger partial charge >= 0.3 is 5.97 Å². The first kappa shape index (κ1) is 19.5. The molecule has 1 saturated heterocycles. The molecule has 7 nitrogen and oxygen atoms in total. The minimum absolute atomic E-state index is 0.0562. The van der Waals surface area contributed by atoms with E-state index in [0.29, 0.717) is 12.1 Å². The predicted molar refractivity (Wildman–Crippen MR) is 102 cm³/mol. The lowest BCUT2D eigenvalue weighted by molar-refractivity contribution is -0.385. The highest BCUT2D eigenvalue weighted by Gasteiger charge is 2.38. The minimum atomic E-state index is -0.636. The summed E-state index contributed by atoms with van der Waals surface area (Å²) in [5, 5.41) is 10.9. The molecule has 0 unspecified atom stereocenters. The van der Waals surface area contributed by atoms with Crippen LogP contribution in [0.4, 0.5) is 5.69 Å². The molecule has 1 aliphatic rings. The van der Waals surface area contributed by atoms with Crippen LogP contribution in [0, 0.1) is 16.0 Å². The van der Waals surface area contributed by atoms with Crippen LogP contribution in [0.3, 0.4) is 0 Å². The number of nitrogens with zero attached hydrogens (tertiary/aromatic N) is 2. The number of carbonyl (C=O) groups excluding carboxylic acids is 2. The molecule has 2 aromatic rings. The molecule has 1 aliphatic heterocycles. The Bertz CT molecular complexity index is 883. The Morgan fingerprint density at radius 2 is 1.82 bits per heavy atom. The van der Waals surface area contributed by atoms with Gasteiger partial charge in [0.1, 0.15) is 6.10 Å². The van der Waals surface area contributed by atoms with Crippen molar-refractivity contribution in [1.82, 2.24) is 4.90 Å². The average Bonchev–Trinajstić information content (AvgIpc) is 3.10. The molecule has 1 fully saturated rings. The Kier molecular flexibility index (Phi) is 5.73. The van der Waals surface area contributed by atoms with Crippen molar-refractivity contribution in [3.05, 3.63) is 75.8 Å². The van der Waals surface area contributed by atoms with Crippen LogP contribution in [-0.2, 0) is 14.3 Å². The largest absolute Gasteiger partial charge is 0.458 e. The fraction of sp³-hybridized carbons (Fsp3) is 0.333. The van der Waals surface area contributed by atoms with Crippen LogP contribution >= 0.6 is 0 Å². The molecular formula is C21H22N2O5. The SMILES string of the molecule is C[C@H](OC(=O)[C@@H]1CC(=O)N([C@H](C)c2ccccc2)C1)c1cccc([N+](=O)[O-])c1. The molecule has 0 saturated carbocycles. The number of carbonyl (C=O) groups is 2. The van der Waals surface area contributed by atoms with Gasteiger partial charge in [-0.1, -0.05) is 42.5 Å². The van der Waals surface area contributed by atoms with Gasteiger partial charge in [-0.2, -0.15) is 0 Å². The molecule has 7 heteroatoms. The molecule has 0 radical (unpaired) electrons. The third-order valence-electron chi connectivity index (χ3n) is 5.08. The fourth-order valence-corrected chi connectivity index (χ4v) is 3.41. The first-order valence-corrected chi connectivity index (χ1v) is 9.16. The van der Waals surface area contributed by atoms with Crippen molar-refractivity contribution >= 4 is 17.6 Å². The van der Waals surface area contributed by atoms with E-state index in [9.17, 15) is 19.7 Å². The molecule has 3 atom stereocenters. The van der Waals surface area contributed by atoms with Crippen molar-refractivity contribution in [2.75, 3.05) is 6.54 Å². The van der Waals surface area contributed by atoms with E-state index in [0.717, 1.165) is 5.56 Å². The Hall–Kier alpha value is -3.22. The van der Waals surface area contributed by atoms with Gasteiger partial charge in [0.2, 0.25) is 5.91 Å². The van der Waals surface area contributed by atoms with Gasteiger partial charge in [-0.3, -0.25) is 19.7 Å². The van der Waals surface area contributed by atoms with Crippen molar-refractivity contribution in [2.45, 2.75) is 32.4 Å². The molecule has 1 heterocycles. The summed E-state index contributed by atoms with van der Waals surface area (Å²) in [6.45, 7) is 3.90. The van der Waals surface area contributed by atoms with E-state index >= 15 is 0 Å². The smallest absolute Gasteiger partial charge is 0.311 e. The fourth-order valence-electron chi connectivity index (χ4n) is 3.41. The second-order valence-electron chi connectivity index (χ2n) is 6.97. The van der Waals surface area contributed by atoms with Crippen molar-refractivity contribution in [3.63, 3.8) is 0 Å². The van der Waals surface area contributed by atoms with Crippen LogP contribution in [0.5, 0.6) is 0 Å². The van der Waals surface area contributed by atoms with Crippen LogP contribution in [0.15, 0.2) is 54.6 Å². The summed E-state index contributed by atoms with van der Waals surface area (Å²) in [6, 6.07) is 15.5. The highest BCUT2D eigenvalue weighted by molar-refractivity contribution is 5.87. The summed E-state index contributed by atoms with van der Waals surface area (Å²) in [6.07, 6.45) is -0.527. The molecule has 0 bridgehead atoms. The summed E-state index contributed by atoms with van der Waals surface area (Å²) < 4.78 is 5.50. The second-order valence-corrected chi connectivity index (χ2v) is 6.97. The maximum absolute atomic E-state index is 12.6. The first-order valence-electron chi connectivity index (χ1n) is 9.16. The van der Waals surface area contributed by atoms with E-state index in [-0.39, 0.29) is 24.1 Å². The van der Waals surface area contributed by atoms with Crippen molar-refractivity contribution in [3.8, 4) is 0 Å². The van der Waals surface area contributed by atoms with E-state index in [4.69, 9.17) is 4.74 Å². The number of likely N-dealkylation sites (tertiary alicyclic amines) is 1. The van der Waals surface area contributed by atoms with E-state index < -0.39 is 22.9 Å². The zero-order valence-electron chi connectivity index (χ0n) is 15.8. The number of benzene rings is 2. The van der Waals surface area contributed by atoms with Gasteiger partial charge in [0, 0.05) is 25.1 Å². The van der Waals surface area contributed by atoms with Crippen LogP contribution in [0.1, 0.15) is 43.5 Å². The van der Waals surface area contributed by atoms with Gasteiger partial charge in [0.05, 0.1) is 16.9 Å². The summed E-state index contributed by atoms with van der Waals surface area (Å²) >= 11 is 0. The highest BCUT2D eigenvalue weighted by atomic mass is 16.6. The number of non-ortho nitro benzene ring substituents is 1. The van der Waals surface area contributed by atoms with E-state index in [1.54, 1.807) is 24.0 Å². The molecule has 0 aliphatic carbocycles. The Morgan fingerprint density at radius 1 is 1.14 bits per heavy atom. The van der Waals surface area contributed by atoms with Crippen LogP contribution in [-0.4, -0.2) is 28.2 Å². The maximum atomic E-state index is 12.6. The quantitative estimate of drug-likeness (QED) is 0.430. The average molecular weight is 382 g/mol. The Balaban J connectivity index is 1.64. The Labute approximate surface area is 163 Å². The molecule has 146 valence electrons. The summed E-state index contributed by atoms with van der Waals surface area (Å²) in [4.78, 5) is 37.1. The van der Waals surface area contributed by atoms with Gasteiger partial charge < -0.3 is 9.64 Å². The lowest BCUT2D eigenvalue weighted by Gasteiger charge is -2.25. The zero-order chi connectivity index (χ0) is 20.3. The predicted octanol–water partition coefficient (Wildman–Crippen LogP) is 3.81. The number of amides is 1. The van der Waals surface area contributed by atoms with E-state index in [1.165, 1.54) is 12.1 Å². The zero-order valence-corrected chi connectivity index (χ0v) is 15.8. The van der Waals surface area contributed by atoms with Crippen LogP contribution in [0.25, 0.3) is 0 Å². The van der Waals surface area contributed by atoms with Crippen LogP contribution in [0.2, 0.25) is 0 Å². The summed E-state index contributed by atoms with van der Waals surface area (Å²) in [5.41, 5.74) is 1.50. The monoisotopic (exact) mass is 382 g/mol. The second kappa shape index (κ2) is 8.21. The number of hydrogen-bond acceptors (Lipinski definition) is 5. The van der Waals surface area contributed by atoms with Crippen LogP contribution < -0.4 is 0 Å². The molecule has 2 aromatic carbocycles. The molecule has 0 N–H and O–H groups in total. The highest BCUT2D eigenvalue weighted by Crippen LogP contribution is 2.30. The van der Waals surface area contributed by atoms with Crippen molar-refractivity contribution in [2.24, 2.45) is 5.92 Å². The maximum Gasteiger partial charge on any atom is 0.311 e. The molecule has 0 spiro atoms. The standard InChI is InChI=1S/C21H22N2O5/c1-14(16-7-4-3-5-8-16)22-13-18(12-20(22)24)21(25)28-15(2)17-9-6-10-19(11-17)23(26)27/h3-11,14-15,18H,12-13H2,1-2H3/t14-,15+,18-/m1/s1. The van der Waals surface area contributed by atoms with Gasteiger partial charge in [-0.15, -0.1) is 0 Å². The lowest BCUT2D eigenvalue weighted by Crippen LogP contribution is -2.29. The number of nitro benzene ring substituents is 1. The van der Waals surface area contributed by atoms with Crippen molar-refractivity contribution < 1.29 is 19.2 Å². The normalized spacial score (nSPS) is 18.6. The third kappa shape index (κ3) is 4.19. The molecule has 1 amide bonds. The lowest BCUT2D eigenvalue weighted by atomic mass is 10.1. The molecule has 28 heavy (non-hydrogen) atoms. The minimum Gasteiger partial charge on any atom is -0.458 e. The molecular weight excluding hydrogens is 360 g/mol. The summed E-state index contributed by atoms with van der Waals surface area (Å²) in [5.74, 6) is -1.09. The number of nitro groups is 1. The molecule has 0 aromatic heterocycles. The summed E-state index contributed by atoms with van der Waals surface area (Å²) in [7, 11) is 0. The van der Waals surface area contributed by atoms with Crippen molar-refractivity contribution in [1.29, 1.82) is 0 Å². The molecule has 3 rings (SSSR count). The number of esters is 1. The van der Waals surface area contributed by atoms with E-state index in [1.807, 2.05) is 37.3 Å².